The first-order valence-electron chi connectivity index (χ1n) is 13.1. The number of ether oxygens (including phenoxy) is 2. The van der Waals surface area contributed by atoms with Gasteiger partial charge in [0.05, 0.1) is 16.3 Å². The summed E-state index contributed by atoms with van der Waals surface area (Å²) >= 11 is 7.69. The van der Waals surface area contributed by atoms with Gasteiger partial charge in [-0.1, -0.05) is 29.5 Å². The zero-order chi connectivity index (χ0) is 30.7. The molecular weight excluding hydrogens is 602 g/mol. The maximum absolute atomic E-state index is 13.0. The number of anilines is 1. The number of thiophene rings is 1. The number of aliphatic carboxylic acids is 1. The maximum atomic E-state index is 13.0. The number of nitrogens with zero attached hydrogens (tertiary/aromatic N) is 1. The molecule has 1 fully saturated rings. The lowest BCUT2D eigenvalue weighted by atomic mass is 10.1. The number of esters is 1. The minimum atomic E-state index is -3.51. The monoisotopic (exact) mass is 633 g/mol. The second-order valence-corrected chi connectivity index (χ2v) is 14.2. The third-order valence-electron chi connectivity index (χ3n) is 6.24. The number of carboxylic acid groups (broad SMARTS) is 1. The summed E-state index contributed by atoms with van der Waals surface area (Å²) in [7, 11) is -3.51. The van der Waals surface area contributed by atoms with Crippen molar-refractivity contribution < 1.29 is 32.6 Å². The van der Waals surface area contributed by atoms with Crippen molar-refractivity contribution in [2.24, 2.45) is 5.73 Å². The Morgan fingerprint density at radius 3 is 2.62 bits per heavy atom. The molecule has 10 nitrogen and oxygen atoms in total. The van der Waals surface area contributed by atoms with E-state index in [0.29, 0.717) is 47.6 Å². The normalized spacial score (nSPS) is 16.1. The van der Waals surface area contributed by atoms with E-state index in [-0.39, 0.29) is 27.4 Å². The molecule has 1 aromatic carbocycles. The highest BCUT2D eigenvalue weighted by molar-refractivity contribution is 7.89. The quantitative estimate of drug-likeness (QED) is 0.248. The molecule has 224 valence electrons. The van der Waals surface area contributed by atoms with Crippen molar-refractivity contribution in [1.29, 1.82) is 0 Å². The molecule has 0 atom stereocenters. The van der Waals surface area contributed by atoms with E-state index in [0.717, 1.165) is 17.0 Å². The summed E-state index contributed by atoms with van der Waals surface area (Å²) < 4.78 is 38.3. The molecule has 1 aliphatic carbocycles. The number of piperidine rings is 1. The Balaban J connectivity index is 1.46. The van der Waals surface area contributed by atoms with E-state index in [1.54, 1.807) is 32.9 Å². The Labute approximate surface area is 253 Å². The van der Waals surface area contributed by atoms with Crippen LogP contribution in [0.4, 0.5) is 5.69 Å². The molecule has 0 spiro atoms. The first-order chi connectivity index (χ1) is 19.7. The largest absolute Gasteiger partial charge is 0.479 e. The number of allylic oxidation sites excluding steroid dienone is 2. The van der Waals surface area contributed by atoms with Crippen molar-refractivity contribution in [2.45, 2.75) is 45.3 Å². The summed E-state index contributed by atoms with van der Waals surface area (Å²) in [6, 6.07) is 7.45. The fraction of sp³-hybridized carbons (Fsp3) is 0.379. The Morgan fingerprint density at radius 2 is 1.98 bits per heavy atom. The molecule has 4 rings (SSSR count). The zero-order valence-electron chi connectivity index (χ0n) is 23.4. The van der Waals surface area contributed by atoms with Crippen LogP contribution in [0, 0.1) is 0 Å². The van der Waals surface area contributed by atoms with Gasteiger partial charge in [0.2, 0.25) is 10.0 Å². The van der Waals surface area contributed by atoms with Crippen LogP contribution in [0.15, 0.2) is 59.2 Å². The van der Waals surface area contributed by atoms with Crippen molar-refractivity contribution in [3.05, 3.63) is 69.0 Å². The van der Waals surface area contributed by atoms with E-state index in [9.17, 15) is 18.0 Å². The third kappa shape index (κ3) is 8.07. The van der Waals surface area contributed by atoms with E-state index >= 15 is 0 Å². The molecular formula is C29H32ClN3O7S2. The molecule has 1 aliphatic heterocycles. The molecule has 0 unspecified atom stereocenters. The standard InChI is InChI=1S/C29H32ClN3O7S2/c1-29(2,3)40-28(36)27-25(39-16-23(34)35)24(30)26(41-27)19-7-5-9-22(15-19)32-21-10-12-33(13-11-21)42(37,38)17-18-6-4-8-20(31)14-18/h5-7,9,14-15,21,32H,10-13,16-17,31H2,1-3H3,(H,34,35). The minimum absolute atomic E-state index is 0.0329. The highest BCUT2D eigenvalue weighted by atomic mass is 35.5. The Morgan fingerprint density at radius 1 is 1.26 bits per heavy atom. The van der Waals surface area contributed by atoms with Crippen molar-refractivity contribution in [3.63, 3.8) is 0 Å². The second-order valence-electron chi connectivity index (χ2n) is 10.8. The molecule has 1 aromatic heterocycles. The fourth-order valence-electron chi connectivity index (χ4n) is 4.44. The van der Waals surface area contributed by atoms with Crippen LogP contribution in [-0.2, 0) is 19.6 Å². The van der Waals surface area contributed by atoms with Gasteiger partial charge in [0.25, 0.3) is 0 Å². The van der Waals surface area contributed by atoms with E-state index in [1.165, 1.54) is 4.31 Å². The number of carbonyl (C=O) groups excluding carboxylic acids is 1. The number of sulfonamides is 1. The summed E-state index contributed by atoms with van der Waals surface area (Å²) in [5, 5.41) is 12.7. The first-order valence-corrected chi connectivity index (χ1v) is 15.9. The SMILES string of the molecule is CC(C)(C)OC(=O)c1sc(-c2cccc(NC3CCN(S(=O)(=O)CC4=CC(N)=C=C=C4)CC3)c2)c(Cl)c1OCC(=O)O. The predicted molar refractivity (Wildman–Crippen MR) is 162 cm³/mol. The highest BCUT2D eigenvalue weighted by Crippen LogP contribution is 2.46. The van der Waals surface area contributed by atoms with Gasteiger partial charge in [0, 0.05) is 24.8 Å². The van der Waals surface area contributed by atoms with E-state index in [1.807, 2.05) is 24.3 Å². The van der Waals surface area contributed by atoms with Gasteiger partial charge in [-0.05, 0) is 74.8 Å². The van der Waals surface area contributed by atoms with E-state index in [4.69, 9.17) is 31.9 Å². The van der Waals surface area contributed by atoms with E-state index in [2.05, 4.69) is 16.8 Å². The van der Waals surface area contributed by atoms with E-state index < -0.39 is 34.2 Å². The van der Waals surface area contributed by atoms with Crippen LogP contribution < -0.4 is 15.8 Å². The van der Waals surface area contributed by atoms with Gasteiger partial charge in [-0.25, -0.2) is 22.3 Å². The molecule has 2 aromatic rings. The Bertz CT molecular complexity index is 1620. The molecule has 0 amide bonds. The maximum Gasteiger partial charge on any atom is 0.352 e. The summed E-state index contributed by atoms with van der Waals surface area (Å²) in [6.07, 6.45) is 4.38. The summed E-state index contributed by atoms with van der Waals surface area (Å²) in [4.78, 5) is 24.6. The van der Waals surface area contributed by atoms with Crippen LogP contribution in [-0.4, -0.2) is 66.9 Å². The van der Waals surface area contributed by atoms with Gasteiger partial charge in [0.1, 0.15) is 10.6 Å². The van der Waals surface area contributed by atoms with Crippen LogP contribution >= 0.6 is 22.9 Å². The van der Waals surface area contributed by atoms with Crippen molar-refractivity contribution in [2.75, 3.05) is 30.8 Å². The number of benzene rings is 1. The number of nitrogens with one attached hydrogen (secondary N) is 1. The molecule has 4 N–H and O–H groups in total. The average molecular weight is 634 g/mol. The fourth-order valence-corrected chi connectivity index (χ4v) is 7.42. The van der Waals surface area contributed by atoms with Crippen molar-refractivity contribution >= 4 is 50.6 Å². The summed E-state index contributed by atoms with van der Waals surface area (Å²) in [5.74, 6) is -2.05. The second kappa shape index (κ2) is 12.8. The smallest absolute Gasteiger partial charge is 0.352 e. The predicted octanol–water partition coefficient (Wildman–Crippen LogP) is 4.79. The first kappa shape index (κ1) is 31.4. The number of hydrogen-bond acceptors (Lipinski definition) is 9. The number of halogens is 1. The van der Waals surface area contributed by atoms with Gasteiger partial charge < -0.3 is 25.6 Å². The molecule has 0 radical (unpaired) electrons. The topological polar surface area (TPSA) is 148 Å². The summed E-state index contributed by atoms with van der Waals surface area (Å²) in [5.41, 5.74) is 12.8. The number of carbonyl (C=O) groups is 2. The zero-order valence-corrected chi connectivity index (χ0v) is 25.8. The number of hydrogen-bond donors (Lipinski definition) is 3. The number of carboxylic acids is 1. The number of nitrogens with two attached hydrogens (primary N) is 1. The van der Waals surface area contributed by atoms with Crippen molar-refractivity contribution in [1.82, 2.24) is 4.31 Å². The molecule has 13 heteroatoms. The highest BCUT2D eigenvalue weighted by Gasteiger charge is 2.30. The van der Waals surface area contributed by atoms with Crippen LogP contribution in [0.2, 0.25) is 5.02 Å². The van der Waals surface area contributed by atoms with Crippen LogP contribution in [0.1, 0.15) is 43.3 Å². The van der Waals surface area contributed by atoms with Crippen LogP contribution in [0.5, 0.6) is 5.75 Å². The Kier molecular flexibility index (Phi) is 9.57. The lowest BCUT2D eigenvalue weighted by molar-refractivity contribution is -0.139. The van der Waals surface area contributed by atoms with Gasteiger partial charge in [0.15, 0.2) is 17.2 Å². The van der Waals surface area contributed by atoms with Gasteiger partial charge in [-0.3, -0.25) is 0 Å². The van der Waals surface area contributed by atoms with Gasteiger partial charge >= 0.3 is 11.9 Å². The molecule has 0 saturated carbocycles. The molecule has 42 heavy (non-hydrogen) atoms. The minimum Gasteiger partial charge on any atom is -0.479 e. The number of rotatable bonds is 10. The third-order valence-corrected chi connectivity index (χ3v) is 9.76. The van der Waals surface area contributed by atoms with Gasteiger partial charge in [-0.15, -0.1) is 11.3 Å². The van der Waals surface area contributed by atoms with Gasteiger partial charge in [-0.2, -0.15) is 0 Å². The summed E-state index contributed by atoms with van der Waals surface area (Å²) in [6.45, 7) is 5.26. The molecule has 2 aliphatic rings. The molecule has 0 bridgehead atoms. The molecule has 2 heterocycles. The average Bonchev–Trinajstić information content (AvgIpc) is 3.23. The lowest BCUT2D eigenvalue weighted by Gasteiger charge is -2.32. The van der Waals surface area contributed by atoms with Crippen LogP contribution in [0.3, 0.4) is 0 Å². The van der Waals surface area contributed by atoms with Crippen molar-refractivity contribution in [3.8, 4) is 16.2 Å². The lowest BCUT2D eigenvalue weighted by Crippen LogP contribution is -2.43. The molecule has 1 saturated heterocycles. The van der Waals surface area contributed by atoms with Crippen LogP contribution in [0.25, 0.3) is 10.4 Å². The Hall–Kier alpha value is -3.50.